The molecule has 2 rings (SSSR count). The number of nitrogens with zero attached hydrogens (tertiary/aromatic N) is 1. The number of carbonyl (C=O) groups is 5. The Morgan fingerprint density at radius 1 is 1.19 bits per heavy atom. The van der Waals surface area contributed by atoms with E-state index in [-0.39, 0.29) is 23.2 Å². The first kappa shape index (κ1) is 18.8. The maximum atomic E-state index is 12.2. The highest BCUT2D eigenvalue weighted by Gasteiger charge is 2.35. The Morgan fingerprint density at radius 2 is 1.88 bits per heavy atom. The molecular weight excluding hydrogens is 342 g/mol. The third-order valence-corrected chi connectivity index (χ3v) is 3.44. The van der Waals surface area contributed by atoms with Crippen molar-refractivity contribution in [2.24, 2.45) is 0 Å². The van der Waals surface area contributed by atoms with E-state index in [4.69, 9.17) is 4.74 Å². The predicted octanol–water partition coefficient (Wildman–Crippen LogP) is 0.471. The van der Waals surface area contributed by atoms with Gasteiger partial charge in [-0.15, -0.1) is 6.58 Å². The van der Waals surface area contributed by atoms with E-state index in [1.807, 2.05) is 5.32 Å². The molecule has 1 aromatic carbocycles. The van der Waals surface area contributed by atoms with Crippen molar-refractivity contribution in [2.45, 2.75) is 6.92 Å². The van der Waals surface area contributed by atoms with E-state index in [0.717, 1.165) is 4.90 Å². The molecule has 0 bridgehead atoms. The molecule has 26 heavy (non-hydrogen) atoms. The van der Waals surface area contributed by atoms with Crippen molar-refractivity contribution in [2.75, 3.05) is 19.7 Å². The van der Waals surface area contributed by atoms with Gasteiger partial charge in [-0.25, -0.2) is 9.59 Å². The average molecular weight is 359 g/mol. The van der Waals surface area contributed by atoms with Crippen LogP contribution in [0.15, 0.2) is 30.9 Å². The molecule has 0 fully saturated rings. The summed E-state index contributed by atoms with van der Waals surface area (Å²) in [6.07, 6.45) is 1.42. The van der Waals surface area contributed by atoms with Gasteiger partial charge in [0.1, 0.15) is 0 Å². The first-order chi connectivity index (χ1) is 12.4. The van der Waals surface area contributed by atoms with E-state index in [9.17, 15) is 24.0 Å². The molecule has 0 atom stereocenters. The van der Waals surface area contributed by atoms with Crippen LogP contribution in [-0.4, -0.2) is 54.3 Å². The maximum Gasteiger partial charge on any atom is 0.338 e. The van der Waals surface area contributed by atoms with Gasteiger partial charge in [-0.05, 0) is 25.1 Å². The van der Waals surface area contributed by atoms with E-state index in [2.05, 4.69) is 11.9 Å². The van der Waals surface area contributed by atoms with E-state index in [0.29, 0.717) is 6.54 Å². The Hall–Kier alpha value is -3.49. The zero-order valence-electron chi connectivity index (χ0n) is 14.0. The molecule has 0 saturated carbocycles. The monoisotopic (exact) mass is 359 g/mol. The number of urea groups is 1. The number of rotatable bonds is 6. The molecule has 5 amide bonds. The van der Waals surface area contributed by atoms with Gasteiger partial charge in [-0.2, -0.15) is 0 Å². The molecule has 0 aliphatic carbocycles. The minimum Gasteiger partial charge on any atom is -0.452 e. The number of hydrogen-bond donors (Lipinski definition) is 2. The summed E-state index contributed by atoms with van der Waals surface area (Å²) in [5.74, 6) is -2.66. The van der Waals surface area contributed by atoms with Gasteiger partial charge < -0.3 is 10.1 Å². The molecule has 9 nitrogen and oxygen atoms in total. The second-order valence-corrected chi connectivity index (χ2v) is 5.25. The maximum absolute atomic E-state index is 12.2. The molecule has 0 saturated heterocycles. The number of benzene rings is 1. The normalized spacial score (nSPS) is 12.4. The summed E-state index contributed by atoms with van der Waals surface area (Å²) >= 11 is 0. The van der Waals surface area contributed by atoms with E-state index in [1.54, 1.807) is 6.92 Å². The van der Waals surface area contributed by atoms with Gasteiger partial charge in [-0.1, -0.05) is 6.08 Å². The van der Waals surface area contributed by atoms with Crippen LogP contribution >= 0.6 is 0 Å². The highest BCUT2D eigenvalue weighted by Crippen LogP contribution is 2.24. The van der Waals surface area contributed by atoms with Crippen molar-refractivity contribution >= 4 is 29.7 Å². The number of imide groups is 2. The topological polar surface area (TPSA) is 122 Å². The smallest absolute Gasteiger partial charge is 0.338 e. The van der Waals surface area contributed by atoms with Gasteiger partial charge in [0.15, 0.2) is 6.61 Å². The van der Waals surface area contributed by atoms with E-state index >= 15 is 0 Å². The van der Waals surface area contributed by atoms with Crippen molar-refractivity contribution in [1.29, 1.82) is 0 Å². The molecule has 0 spiro atoms. The number of ether oxygens (including phenoxy) is 1. The highest BCUT2D eigenvalue weighted by atomic mass is 16.5. The summed E-state index contributed by atoms with van der Waals surface area (Å²) in [6, 6.07) is 3.22. The Labute approximate surface area is 149 Å². The Balaban J connectivity index is 2.03. The molecule has 1 aliphatic heterocycles. The highest BCUT2D eigenvalue weighted by molar-refractivity contribution is 6.22. The van der Waals surface area contributed by atoms with Crippen molar-refractivity contribution in [1.82, 2.24) is 15.5 Å². The van der Waals surface area contributed by atoms with Gasteiger partial charge in [-0.3, -0.25) is 24.6 Å². The standard InChI is InChI=1S/C17H17N3O6/c1-3-7-20-14(22)11-6-5-10(8-12(11)15(20)23)16(24)26-9-13(21)19-17(25)18-4-2/h3,5-6,8H,1,4,7,9H2,2H3,(H2,18,19,21,25). The molecule has 0 aromatic heterocycles. The zero-order valence-corrected chi connectivity index (χ0v) is 14.0. The third kappa shape index (κ3) is 3.94. The van der Waals surface area contributed by atoms with Gasteiger partial charge in [0, 0.05) is 13.1 Å². The van der Waals surface area contributed by atoms with Crippen molar-refractivity contribution in [3.63, 3.8) is 0 Å². The lowest BCUT2D eigenvalue weighted by Crippen LogP contribution is -2.41. The molecule has 1 heterocycles. The molecule has 0 radical (unpaired) electrons. The van der Waals surface area contributed by atoms with E-state index < -0.39 is 36.3 Å². The third-order valence-electron chi connectivity index (χ3n) is 3.44. The fourth-order valence-electron chi connectivity index (χ4n) is 2.29. The van der Waals surface area contributed by atoms with Crippen LogP contribution in [0.5, 0.6) is 0 Å². The number of fused-ring (bicyclic) bond motifs is 1. The minimum atomic E-state index is -0.860. The summed E-state index contributed by atoms with van der Waals surface area (Å²) in [4.78, 5) is 60.0. The lowest BCUT2D eigenvalue weighted by molar-refractivity contribution is -0.123. The molecule has 0 unspecified atom stereocenters. The Morgan fingerprint density at radius 3 is 2.54 bits per heavy atom. The van der Waals surface area contributed by atoms with Gasteiger partial charge in [0.25, 0.3) is 17.7 Å². The van der Waals surface area contributed by atoms with Gasteiger partial charge in [0.05, 0.1) is 16.7 Å². The minimum absolute atomic E-state index is 0.0103. The molecule has 9 heteroatoms. The summed E-state index contributed by atoms with van der Waals surface area (Å²) in [6.45, 7) is 4.90. The van der Waals surface area contributed by atoms with Crippen LogP contribution in [0.2, 0.25) is 0 Å². The van der Waals surface area contributed by atoms with Crippen molar-refractivity contribution in [3.05, 3.63) is 47.5 Å². The summed E-state index contributed by atoms with van der Waals surface area (Å²) in [5.41, 5.74) is 0.275. The van der Waals surface area contributed by atoms with Crippen molar-refractivity contribution < 1.29 is 28.7 Å². The van der Waals surface area contributed by atoms with E-state index in [1.165, 1.54) is 24.3 Å². The summed E-state index contributed by atoms with van der Waals surface area (Å²) in [5, 5.41) is 4.34. The lowest BCUT2D eigenvalue weighted by Gasteiger charge is -2.09. The van der Waals surface area contributed by atoms with Crippen LogP contribution < -0.4 is 10.6 Å². The molecular formula is C17H17N3O6. The van der Waals surface area contributed by atoms with Crippen LogP contribution in [0, 0.1) is 0 Å². The van der Waals surface area contributed by atoms with Crippen LogP contribution in [0.3, 0.4) is 0 Å². The Bertz CT molecular complexity index is 802. The fourth-order valence-corrected chi connectivity index (χ4v) is 2.29. The number of esters is 1. The second kappa shape index (κ2) is 8.06. The van der Waals surface area contributed by atoms with Crippen molar-refractivity contribution in [3.8, 4) is 0 Å². The molecule has 1 aromatic rings. The Kier molecular flexibility index (Phi) is 5.84. The largest absolute Gasteiger partial charge is 0.452 e. The summed E-state index contributed by atoms with van der Waals surface area (Å²) in [7, 11) is 0. The molecule has 136 valence electrons. The number of nitrogens with one attached hydrogen (secondary N) is 2. The average Bonchev–Trinajstić information content (AvgIpc) is 2.84. The first-order valence-electron chi connectivity index (χ1n) is 7.75. The van der Waals surface area contributed by atoms with Crippen LogP contribution in [0.4, 0.5) is 4.79 Å². The van der Waals surface area contributed by atoms with Crippen LogP contribution in [-0.2, 0) is 9.53 Å². The van der Waals surface area contributed by atoms with Crippen LogP contribution in [0.1, 0.15) is 38.0 Å². The fraction of sp³-hybridized carbons (Fsp3) is 0.235. The predicted molar refractivity (Wildman–Crippen MR) is 89.5 cm³/mol. The first-order valence-corrected chi connectivity index (χ1v) is 7.75. The lowest BCUT2D eigenvalue weighted by atomic mass is 10.1. The van der Waals surface area contributed by atoms with Crippen LogP contribution in [0.25, 0.3) is 0 Å². The molecule has 2 N–H and O–H groups in total. The number of hydrogen-bond acceptors (Lipinski definition) is 6. The SMILES string of the molecule is C=CCN1C(=O)c2ccc(C(=O)OCC(=O)NC(=O)NCC)cc2C1=O. The molecule has 1 aliphatic rings. The second-order valence-electron chi connectivity index (χ2n) is 5.25. The van der Waals surface area contributed by atoms with Gasteiger partial charge >= 0.3 is 12.0 Å². The number of carbonyl (C=O) groups excluding carboxylic acids is 5. The summed E-state index contributed by atoms with van der Waals surface area (Å²) < 4.78 is 4.81. The quantitative estimate of drug-likeness (QED) is 0.433. The zero-order chi connectivity index (χ0) is 19.3. The number of amides is 5. The van der Waals surface area contributed by atoms with Gasteiger partial charge in [0.2, 0.25) is 0 Å².